The molecule has 0 saturated heterocycles. The third-order valence-corrected chi connectivity index (χ3v) is 2.86. The van der Waals surface area contributed by atoms with Crippen LogP contribution >= 0.6 is 0 Å². The number of rotatable bonds is 3. The molecule has 0 radical (unpaired) electrons. The van der Waals surface area contributed by atoms with Crippen LogP contribution in [0.1, 0.15) is 44.0 Å². The van der Waals surface area contributed by atoms with E-state index in [0.717, 1.165) is 12.8 Å². The van der Waals surface area contributed by atoms with Crippen molar-refractivity contribution in [2.75, 3.05) is 18.2 Å². The van der Waals surface area contributed by atoms with Gasteiger partial charge in [-0.05, 0) is 33.6 Å². The molecule has 0 amide bonds. The first-order chi connectivity index (χ1) is 8.34. The Morgan fingerprint density at radius 3 is 2.56 bits per heavy atom. The SMILES string of the molecule is COC(=O)c1c(NC2CC2)nn(C(C)(C)C)c1N. The van der Waals surface area contributed by atoms with E-state index in [1.807, 2.05) is 20.8 Å². The van der Waals surface area contributed by atoms with E-state index in [0.29, 0.717) is 23.2 Å². The number of nitrogens with zero attached hydrogens (tertiary/aromatic N) is 2. The summed E-state index contributed by atoms with van der Waals surface area (Å²) in [7, 11) is 1.34. The summed E-state index contributed by atoms with van der Waals surface area (Å²) >= 11 is 0. The van der Waals surface area contributed by atoms with E-state index >= 15 is 0 Å². The predicted octanol–water partition coefficient (Wildman–Crippen LogP) is 1.58. The summed E-state index contributed by atoms with van der Waals surface area (Å²) in [5, 5.41) is 7.63. The van der Waals surface area contributed by atoms with Crippen LogP contribution in [-0.2, 0) is 10.3 Å². The van der Waals surface area contributed by atoms with Gasteiger partial charge >= 0.3 is 5.97 Å². The summed E-state index contributed by atoms with van der Waals surface area (Å²) in [6, 6.07) is 0.399. The maximum Gasteiger partial charge on any atom is 0.345 e. The Labute approximate surface area is 106 Å². The summed E-state index contributed by atoms with van der Waals surface area (Å²) in [4.78, 5) is 11.8. The van der Waals surface area contributed by atoms with Gasteiger partial charge in [-0.3, -0.25) is 0 Å². The molecule has 1 aliphatic rings. The summed E-state index contributed by atoms with van der Waals surface area (Å²) < 4.78 is 6.43. The normalized spacial score (nSPS) is 15.6. The van der Waals surface area contributed by atoms with E-state index in [1.165, 1.54) is 7.11 Å². The second kappa shape index (κ2) is 4.19. The van der Waals surface area contributed by atoms with Crippen molar-refractivity contribution >= 4 is 17.6 Å². The lowest BCUT2D eigenvalue weighted by Crippen LogP contribution is -2.25. The first kappa shape index (κ1) is 12.7. The van der Waals surface area contributed by atoms with E-state index in [9.17, 15) is 4.79 Å². The standard InChI is InChI=1S/C12H20N4O2/c1-12(2,3)16-9(13)8(11(17)18-4)10(15-16)14-7-5-6-7/h7H,5-6,13H2,1-4H3,(H,14,15). The van der Waals surface area contributed by atoms with Crippen LogP contribution in [0.5, 0.6) is 0 Å². The van der Waals surface area contributed by atoms with Crippen LogP contribution < -0.4 is 11.1 Å². The van der Waals surface area contributed by atoms with Crippen molar-refractivity contribution < 1.29 is 9.53 Å². The molecule has 1 aromatic rings. The quantitative estimate of drug-likeness (QED) is 0.798. The summed E-state index contributed by atoms with van der Waals surface area (Å²) in [5.74, 6) is 0.417. The highest BCUT2D eigenvalue weighted by molar-refractivity contribution is 5.99. The van der Waals surface area contributed by atoms with E-state index in [-0.39, 0.29) is 5.54 Å². The Balaban J connectivity index is 2.45. The predicted molar refractivity (Wildman–Crippen MR) is 69.6 cm³/mol. The van der Waals surface area contributed by atoms with Gasteiger partial charge in [0.25, 0.3) is 0 Å². The summed E-state index contributed by atoms with van der Waals surface area (Å²) in [6.45, 7) is 5.95. The number of carbonyl (C=O) groups excluding carboxylic acids is 1. The third kappa shape index (κ3) is 2.27. The monoisotopic (exact) mass is 252 g/mol. The topological polar surface area (TPSA) is 82.2 Å². The van der Waals surface area contributed by atoms with Crippen LogP contribution in [0.3, 0.4) is 0 Å². The second-order valence-electron chi connectivity index (χ2n) is 5.60. The van der Waals surface area contributed by atoms with E-state index in [1.54, 1.807) is 4.68 Å². The lowest BCUT2D eigenvalue weighted by molar-refractivity contribution is 0.0603. The fourth-order valence-electron chi connectivity index (χ4n) is 1.77. The minimum Gasteiger partial charge on any atom is -0.465 e. The van der Waals surface area contributed by atoms with Gasteiger partial charge < -0.3 is 15.8 Å². The fourth-order valence-corrected chi connectivity index (χ4v) is 1.77. The van der Waals surface area contributed by atoms with Crippen LogP contribution in [0.25, 0.3) is 0 Å². The van der Waals surface area contributed by atoms with Crippen molar-refractivity contribution in [3.8, 4) is 0 Å². The molecule has 6 heteroatoms. The minimum atomic E-state index is -0.453. The molecule has 1 aliphatic carbocycles. The van der Waals surface area contributed by atoms with Crippen LogP contribution in [0.4, 0.5) is 11.6 Å². The average molecular weight is 252 g/mol. The van der Waals surface area contributed by atoms with Gasteiger partial charge in [-0.15, -0.1) is 0 Å². The fraction of sp³-hybridized carbons (Fsp3) is 0.667. The average Bonchev–Trinajstić information content (AvgIpc) is 3.00. The summed E-state index contributed by atoms with van der Waals surface area (Å²) in [6.07, 6.45) is 2.20. The molecule has 1 heterocycles. The Morgan fingerprint density at radius 2 is 2.11 bits per heavy atom. The molecule has 1 saturated carbocycles. The van der Waals surface area contributed by atoms with Crippen molar-refractivity contribution in [2.24, 2.45) is 0 Å². The van der Waals surface area contributed by atoms with Gasteiger partial charge in [0.15, 0.2) is 5.82 Å². The molecule has 100 valence electrons. The Hall–Kier alpha value is -1.72. The van der Waals surface area contributed by atoms with E-state index in [4.69, 9.17) is 10.5 Å². The largest absolute Gasteiger partial charge is 0.465 e. The zero-order valence-corrected chi connectivity index (χ0v) is 11.3. The number of nitrogens with one attached hydrogen (secondary N) is 1. The molecule has 0 aliphatic heterocycles. The highest BCUT2D eigenvalue weighted by Gasteiger charge is 2.31. The van der Waals surface area contributed by atoms with Crippen molar-refractivity contribution in [3.63, 3.8) is 0 Å². The first-order valence-corrected chi connectivity index (χ1v) is 6.08. The molecule has 1 fully saturated rings. The Bertz CT molecular complexity index is 469. The number of hydrogen-bond donors (Lipinski definition) is 2. The van der Waals surface area contributed by atoms with Gasteiger partial charge in [-0.25, -0.2) is 9.48 Å². The van der Waals surface area contributed by atoms with Gasteiger partial charge in [-0.2, -0.15) is 5.10 Å². The third-order valence-electron chi connectivity index (χ3n) is 2.86. The number of methoxy groups -OCH3 is 1. The smallest absolute Gasteiger partial charge is 0.345 e. The van der Waals surface area contributed by atoms with Gasteiger partial charge in [0, 0.05) is 6.04 Å². The highest BCUT2D eigenvalue weighted by atomic mass is 16.5. The molecule has 3 N–H and O–H groups in total. The van der Waals surface area contributed by atoms with E-state index in [2.05, 4.69) is 10.4 Å². The number of nitrogens with two attached hydrogens (primary N) is 1. The van der Waals surface area contributed by atoms with Gasteiger partial charge in [-0.1, -0.05) is 0 Å². The molecule has 1 aromatic heterocycles. The van der Waals surface area contributed by atoms with Crippen molar-refractivity contribution in [2.45, 2.75) is 45.2 Å². The number of anilines is 2. The van der Waals surface area contributed by atoms with Gasteiger partial charge in [0.05, 0.1) is 12.6 Å². The van der Waals surface area contributed by atoms with Crippen LogP contribution in [0.15, 0.2) is 0 Å². The number of nitrogen functional groups attached to an aromatic ring is 1. The lowest BCUT2D eigenvalue weighted by Gasteiger charge is -2.20. The van der Waals surface area contributed by atoms with Crippen LogP contribution in [-0.4, -0.2) is 28.9 Å². The van der Waals surface area contributed by atoms with Gasteiger partial charge in [0.2, 0.25) is 0 Å². The first-order valence-electron chi connectivity index (χ1n) is 6.08. The highest BCUT2D eigenvalue weighted by Crippen LogP contribution is 2.31. The number of esters is 1. The maximum absolute atomic E-state index is 11.8. The molecule has 2 rings (SSSR count). The number of carbonyl (C=O) groups is 1. The van der Waals surface area contributed by atoms with Crippen molar-refractivity contribution in [1.29, 1.82) is 0 Å². The molecule has 0 atom stereocenters. The molecular weight excluding hydrogens is 232 g/mol. The number of aromatic nitrogens is 2. The van der Waals surface area contributed by atoms with E-state index < -0.39 is 5.97 Å². The van der Waals surface area contributed by atoms with Crippen LogP contribution in [0.2, 0.25) is 0 Å². The van der Waals surface area contributed by atoms with Crippen LogP contribution in [0, 0.1) is 0 Å². The number of ether oxygens (including phenoxy) is 1. The molecule has 0 unspecified atom stereocenters. The Morgan fingerprint density at radius 1 is 1.50 bits per heavy atom. The molecule has 6 nitrogen and oxygen atoms in total. The van der Waals surface area contributed by atoms with Gasteiger partial charge in [0.1, 0.15) is 11.4 Å². The Kier molecular flexibility index (Phi) is 2.96. The second-order valence-corrected chi connectivity index (χ2v) is 5.60. The molecule has 0 spiro atoms. The zero-order chi connectivity index (χ0) is 13.5. The molecule has 0 bridgehead atoms. The van der Waals surface area contributed by atoms with Crippen molar-refractivity contribution in [1.82, 2.24) is 9.78 Å². The molecule has 0 aromatic carbocycles. The lowest BCUT2D eigenvalue weighted by atomic mass is 10.1. The summed E-state index contributed by atoms with van der Waals surface area (Å²) in [5.41, 5.74) is 6.07. The maximum atomic E-state index is 11.8. The van der Waals surface area contributed by atoms with Crippen molar-refractivity contribution in [3.05, 3.63) is 5.56 Å². The molecule has 18 heavy (non-hydrogen) atoms. The minimum absolute atomic E-state index is 0.281. The molecular formula is C12H20N4O2. The number of hydrogen-bond acceptors (Lipinski definition) is 5. The zero-order valence-electron chi connectivity index (χ0n) is 11.3.